The Balaban J connectivity index is 2.13. The van der Waals surface area contributed by atoms with Gasteiger partial charge in [0, 0.05) is 4.90 Å². The fourth-order valence-electron chi connectivity index (χ4n) is 1.91. The van der Waals surface area contributed by atoms with Crippen LogP contribution in [0.15, 0.2) is 34.4 Å². The molecule has 0 unspecified atom stereocenters. The van der Waals surface area contributed by atoms with Crippen LogP contribution in [0, 0.1) is 13.8 Å². The van der Waals surface area contributed by atoms with Crippen molar-refractivity contribution in [3.63, 3.8) is 0 Å². The van der Waals surface area contributed by atoms with Gasteiger partial charge < -0.3 is 4.98 Å². The lowest BCUT2D eigenvalue weighted by atomic mass is 10.2. The van der Waals surface area contributed by atoms with Crippen LogP contribution in [0.25, 0.3) is 11.2 Å². The van der Waals surface area contributed by atoms with Crippen molar-refractivity contribution in [3.8, 4) is 0 Å². The predicted octanol–water partition coefficient (Wildman–Crippen LogP) is 3.77. The first-order valence-corrected chi connectivity index (χ1v) is 6.95. The molecule has 0 aliphatic heterocycles. The lowest BCUT2D eigenvalue weighted by Crippen LogP contribution is -1.91. The summed E-state index contributed by atoms with van der Waals surface area (Å²) in [7, 11) is 0. The van der Waals surface area contributed by atoms with Crippen LogP contribution in [-0.2, 0) is 0 Å². The van der Waals surface area contributed by atoms with Crippen molar-refractivity contribution in [2.75, 3.05) is 0 Å². The molecule has 0 radical (unpaired) electrons. The van der Waals surface area contributed by atoms with Crippen molar-refractivity contribution in [1.82, 2.24) is 19.9 Å². The molecule has 2 aromatic heterocycles. The summed E-state index contributed by atoms with van der Waals surface area (Å²) in [5, 5.41) is 1.01. The summed E-state index contributed by atoms with van der Waals surface area (Å²) in [6.07, 6.45) is 1.60. The van der Waals surface area contributed by atoms with Gasteiger partial charge >= 0.3 is 0 Å². The minimum absolute atomic E-state index is 0.216. The van der Waals surface area contributed by atoms with Crippen LogP contribution < -0.4 is 0 Å². The third-order valence-corrected chi connectivity index (χ3v) is 4.34. The van der Waals surface area contributed by atoms with E-state index < -0.39 is 0 Å². The molecule has 0 bridgehead atoms. The van der Waals surface area contributed by atoms with E-state index in [2.05, 4.69) is 45.9 Å². The average Bonchev–Trinajstić information content (AvgIpc) is 2.81. The Morgan fingerprint density at radius 1 is 1.16 bits per heavy atom. The van der Waals surface area contributed by atoms with Crippen LogP contribution in [0.1, 0.15) is 11.1 Å². The SMILES string of the molecule is Cc1cccc(C)c1Sc1nc(Cl)nc2nc[nH]c12. The molecular weight excluding hydrogens is 280 g/mol. The van der Waals surface area contributed by atoms with Crippen molar-refractivity contribution in [3.05, 3.63) is 40.9 Å². The number of H-pyrrole nitrogens is 1. The summed E-state index contributed by atoms with van der Waals surface area (Å²) in [6, 6.07) is 6.22. The lowest BCUT2D eigenvalue weighted by Gasteiger charge is -2.08. The van der Waals surface area contributed by atoms with Gasteiger partial charge in [0.15, 0.2) is 5.65 Å². The van der Waals surface area contributed by atoms with Crippen molar-refractivity contribution < 1.29 is 0 Å². The molecule has 19 heavy (non-hydrogen) atoms. The maximum Gasteiger partial charge on any atom is 0.225 e. The van der Waals surface area contributed by atoms with Gasteiger partial charge in [0.05, 0.1) is 6.33 Å². The second-order valence-electron chi connectivity index (χ2n) is 4.22. The highest BCUT2D eigenvalue weighted by atomic mass is 35.5. The number of benzene rings is 1. The molecule has 0 aliphatic rings. The van der Waals surface area contributed by atoms with E-state index in [1.165, 1.54) is 16.0 Å². The van der Waals surface area contributed by atoms with Crippen LogP contribution in [0.5, 0.6) is 0 Å². The molecule has 4 nitrogen and oxygen atoms in total. The zero-order valence-electron chi connectivity index (χ0n) is 10.4. The molecule has 0 amide bonds. The predicted molar refractivity (Wildman–Crippen MR) is 76.7 cm³/mol. The Morgan fingerprint density at radius 2 is 1.89 bits per heavy atom. The number of hydrogen-bond donors (Lipinski definition) is 1. The number of fused-ring (bicyclic) bond motifs is 1. The number of nitrogens with one attached hydrogen (secondary N) is 1. The number of aromatic amines is 1. The number of halogens is 1. The fraction of sp³-hybridized carbons (Fsp3) is 0.154. The summed E-state index contributed by atoms with van der Waals surface area (Å²) in [6.45, 7) is 4.17. The number of aryl methyl sites for hydroxylation is 2. The Kier molecular flexibility index (Phi) is 3.16. The van der Waals surface area contributed by atoms with Crippen LogP contribution in [0.2, 0.25) is 5.28 Å². The van der Waals surface area contributed by atoms with E-state index in [1.54, 1.807) is 18.1 Å². The molecule has 1 N–H and O–H groups in total. The molecule has 3 aromatic rings. The first-order chi connectivity index (χ1) is 9.15. The average molecular weight is 291 g/mol. The lowest BCUT2D eigenvalue weighted by molar-refractivity contribution is 1.08. The molecule has 0 atom stereocenters. The van der Waals surface area contributed by atoms with Crippen LogP contribution in [-0.4, -0.2) is 19.9 Å². The highest BCUT2D eigenvalue weighted by Gasteiger charge is 2.12. The Hall–Kier alpha value is -1.59. The first kappa shape index (κ1) is 12.4. The van der Waals surface area contributed by atoms with E-state index in [9.17, 15) is 0 Å². The monoisotopic (exact) mass is 290 g/mol. The normalized spacial score (nSPS) is 11.1. The molecule has 3 rings (SSSR count). The van der Waals surface area contributed by atoms with E-state index in [0.717, 1.165) is 10.5 Å². The minimum Gasteiger partial charge on any atom is -0.341 e. The highest BCUT2D eigenvalue weighted by Crippen LogP contribution is 2.34. The molecule has 0 saturated heterocycles. The van der Waals surface area contributed by atoms with E-state index in [-0.39, 0.29) is 5.28 Å². The van der Waals surface area contributed by atoms with Gasteiger partial charge in [0.1, 0.15) is 10.5 Å². The fourth-order valence-corrected chi connectivity index (χ4v) is 3.16. The van der Waals surface area contributed by atoms with E-state index in [0.29, 0.717) is 5.65 Å². The van der Waals surface area contributed by atoms with E-state index in [1.807, 2.05) is 6.07 Å². The highest BCUT2D eigenvalue weighted by molar-refractivity contribution is 7.99. The van der Waals surface area contributed by atoms with Crippen LogP contribution in [0.4, 0.5) is 0 Å². The zero-order valence-corrected chi connectivity index (χ0v) is 12.0. The number of imidazole rings is 1. The van der Waals surface area contributed by atoms with Crippen molar-refractivity contribution >= 4 is 34.5 Å². The van der Waals surface area contributed by atoms with Crippen LogP contribution >= 0.6 is 23.4 Å². The first-order valence-electron chi connectivity index (χ1n) is 5.76. The second-order valence-corrected chi connectivity index (χ2v) is 5.56. The van der Waals surface area contributed by atoms with Crippen molar-refractivity contribution in [1.29, 1.82) is 0 Å². The third kappa shape index (κ3) is 2.31. The number of rotatable bonds is 2. The molecule has 6 heteroatoms. The molecule has 1 aromatic carbocycles. The topological polar surface area (TPSA) is 54.5 Å². The molecule has 2 heterocycles. The quantitative estimate of drug-likeness (QED) is 0.576. The molecule has 0 aliphatic carbocycles. The zero-order chi connectivity index (χ0) is 13.4. The summed E-state index contributed by atoms with van der Waals surface area (Å²) >= 11 is 7.52. The Morgan fingerprint density at radius 3 is 2.63 bits per heavy atom. The van der Waals surface area contributed by atoms with Gasteiger partial charge in [-0.05, 0) is 36.6 Å². The van der Waals surface area contributed by atoms with Gasteiger partial charge in [0.2, 0.25) is 5.28 Å². The van der Waals surface area contributed by atoms with Crippen molar-refractivity contribution in [2.45, 2.75) is 23.8 Å². The Labute approximate surface area is 119 Å². The summed E-state index contributed by atoms with van der Waals surface area (Å²) < 4.78 is 0. The maximum absolute atomic E-state index is 5.94. The van der Waals surface area contributed by atoms with Gasteiger partial charge in [-0.1, -0.05) is 30.0 Å². The maximum atomic E-state index is 5.94. The largest absolute Gasteiger partial charge is 0.341 e. The van der Waals surface area contributed by atoms with Gasteiger partial charge in [0.25, 0.3) is 0 Å². The molecular formula is C13H11ClN4S. The molecule has 96 valence electrons. The van der Waals surface area contributed by atoms with Gasteiger partial charge in [-0.2, -0.15) is 4.98 Å². The van der Waals surface area contributed by atoms with Gasteiger partial charge in [-0.25, -0.2) is 9.97 Å². The smallest absolute Gasteiger partial charge is 0.225 e. The van der Waals surface area contributed by atoms with E-state index in [4.69, 9.17) is 11.6 Å². The van der Waals surface area contributed by atoms with Gasteiger partial charge in [-0.15, -0.1) is 0 Å². The molecule has 0 saturated carbocycles. The van der Waals surface area contributed by atoms with Crippen molar-refractivity contribution in [2.24, 2.45) is 0 Å². The third-order valence-electron chi connectivity index (χ3n) is 2.83. The number of nitrogens with zero attached hydrogens (tertiary/aromatic N) is 3. The van der Waals surface area contributed by atoms with E-state index >= 15 is 0 Å². The van der Waals surface area contributed by atoms with Crippen LogP contribution in [0.3, 0.4) is 0 Å². The molecule has 0 spiro atoms. The Bertz CT molecular complexity index is 733. The molecule has 0 fully saturated rings. The minimum atomic E-state index is 0.216. The summed E-state index contributed by atoms with van der Waals surface area (Å²) in [5.74, 6) is 0. The standard InChI is InChI=1S/C13H11ClN4S/c1-7-4-3-5-8(2)10(7)19-12-9-11(16-6-15-9)17-13(14)18-12/h3-6H,1-2H3,(H,15,16,17,18). The summed E-state index contributed by atoms with van der Waals surface area (Å²) in [4.78, 5) is 16.7. The number of hydrogen-bond acceptors (Lipinski definition) is 4. The van der Waals surface area contributed by atoms with Gasteiger partial charge in [-0.3, -0.25) is 0 Å². The summed E-state index contributed by atoms with van der Waals surface area (Å²) in [5.41, 5.74) is 3.84. The number of aromatic nitrogens is 4. The second kappa shape index (κ2) is 4.83.